The van der Waals surface area contributed by atoms with E-state index in [0.29, 0.717) is 22.6 Å². The molecular weight excluding hydrogens is 460 g/mol. The van der Waals surface area contributed by atoms with Gasteiger partial charge in [0.1, 0.15) is 23.8 Å². The molecule has 2 heterocycles. The maximum atomic E-state index is 12.9. The third kappa shape index (κ3) is 5.22. The van der Waals surface area contributed by atoms with Gasteiger partial charge in [0.25, 0.3) is 5.91 Å². The predicted molar refractivity (Wildman–Crippen MR) is 118 cm³/mol. The van der Waals surface area contributed by atoms with Gasteiger partial charge in [-0.25, -0.2) is 10.1 Å². The average molecular weight is 477 g/mol. The normalized spacial score (nSPS) is 10.9. The minimum absolute atomic E-state index is 0.0453. The number of rotatable bonds is 9. The van der Waals surface area contributed by atoms with Crippen LogP contribution in [0.4, 0.5) is 5.82 Å². The van der Waals surface area contributed by atoms with Gasteiger partial charge >= 0.3 is 0 Å². The van der Waals surface area contributed by atoms with Gasteiger partial charge < -0.3 is 25.1 Å². The van der Waals surface area contributed by atoms with Gasteiger partial charge in [0.05, 0.1) is 19.3 Å². The standard InChI is InChI=1S/C21H18N8O6/c1-33-15-4-2-3-13(9-15)18-17(24-28-29(18)20-19(22)26-35-27-20)21(32)25-23-10-12-5-7-14(8-6-12)34-11-16(30)31/h2-10H,11H2,1H3,(H2,22,26)(H,25,32)(H,30,31)/p-1. The number of hydrazone groups is 1. The molecule has 2 aromatic heterocycles. The van der Waals surface area contributed by atoms with Crippen molar-refractivity contribution in [3.8, 4) is 28.6 Å². The van der Waals surface area contributed by atoms with Gasteiger partial charge in [0.2, 0.25) is 11.6 Å². The second-order valence-corrected chi connectivity index (χ2v) is 6.83. The SMILES string of the molecule is COc1cccc(-c2c(C(=O)NN=Cc3ccc(OCC(=O)[O-])cc3)nnn2-c2nonc2N)c1. The number of hydrogen-bond donors (Lipinski definition) is 2. The number of nitrogens with zero attached hydrogens (tertiary/aromatic N) is 6. The molecule has 4 rings (SSSR count). The second kappa shape index (κ2) is 10.1. The fourth-order valence-electron chi connectivity index (χ4n) is 2.96. The van der Waals surface area contributed by atoms with Crippen molar-refractivity contribution >= 4 is 23.9 Å². The molecule has 1 amide bonds. The fraction of sp³-hybridized carbons (Fsp3) is 0.0952. The third-order valence-electron chi connectivity index (χ3n) is 4.54. The summed E-state index contributed by atoms with van der Waals surface area (Å²) < 4.78 is 16.2. The summed E-state index contributed by atoms with van der Waals surface area (Å²) in [5.41, 5.74) is 9.54. The number of nitrogen functional groups attached to an aromatic ring is 1. The molecule has 3 N–H and O–H groups in total. The highest BCUT2D eigenvalue weighted by atomic mass is 16.6. The van der Waals surface area contributed by atoms with Crippen LogP contribution < -0.4 is 25.7 Å². The Morgan fingerprint density at radius 2 is 2.00 bits per heavy atom. The van der Waals surface area contributed by atoms with E-state index in [1.807, 2.05) is 0 Å². The van der Waals surface area contributed by atoms with Gasteiger partial charge in [-0.2, -0.15) is 9.78 Å². The number of carbonyl (C=O) groups excluding carboxylic acids is 2. The molecule has 14 heteroatoms. The van der Waals surface area contributed by atoms with E-state index in [4.69, 9.17) is 15.2 Å². The lowest BCUT2D eigenvalue weighted by Crippen LogP contribution is -2.28. The molecule has 0 unspecified atom stereocenters. The van der Waals surface area contributed by atoms with Crippen LogP contribution >= 0.6 is 0 Å². The van der Waals surface area contributed by atoms with Gasteiger partial charge in [-0.1, -0.05) is 17.3 Å². The van der Waals surface area contributed by atoms with Crippen molar-refractivity contribution in [2.24, 2.45) is 5.10 Å². The number of nitrogens with one attached hydrogen (secondary N) is 1. The van der Waals surface area contributed by atoms with E-state index in [0.717, 1.165) is 0 Å². The van der Waals surface area contributed by atoms with Crippen LogP contribution in [0.5, 0.6) is 11.5 Å². The first kappa shape index (κ1) is 22.9. The van der Waals surface area contributed by atoms with Gasteiger partial charge in [0.15, 0.2) is 5.69 Å². The summed E-state index contributed by atoms with van der Waals surface area (Å²) in [4.78, 5) is 23.4. The highest BCUT2D eigenvalue weighted by Crippen LogP contribution is 2.29. The van der Waals surface area contributed by atoms with Gasteiger partial charge in [-0.05, 0) is 52.3 Å². The Labute approximate surface area is 196 Å². The van der Waals surface area contributed by atoms with Crippen LogP contribution in [0.3, 0.4) is 0 Å². The Morgan fingerprint density at radius 1 is 1.20 bits per heavy atom. The molecule has 178 valence electrons. The van der Waals surface area contributed by atoms with Crippen LogP contribution in [0.2, 0.25) is 0 Å². The maximum Gasteiger partial charge on any atom is 0.294 e. The molecule has 14 nitrogen and oxygen atoms in total. The van der Waals surface area contributed by atoms with Crippen molar-refractivity contribution in [2.75, 3.05) is 19.5 Å². The van der Waals surface area contributed by atoms with E-state index in [1.54, 1.807) is 48.5 Å². The molecule has 0 aliphatic heterocycles. The Kier molecular flexibility index (Phi) is 6.62. The quantitative estimate of drug-likeness (QED) is 0.239. The van der Waals surface area contributed by atoms with E-state index < -0.39 is 18.5 Å². The molecule has 0 atom stereocenters. The Morgan fingerprint density at radius 3 is 2.69 bits per heavy atom. The smallest absolute Gasteiger partial charge is 0.294 e. The Hall–Kier alpha value is -5.27. The molecule has 0 saturated carbocycles. The van der Waals surface area contributed by atoms with Crippen molar-refractivity contribution in [1.29, 1.82) is 0 Å². The monoisotopic (exact) mass is 477 g/mol. The van der Waals surface area contributed by atoms with Crippen molar-refractivity contribution < 1.29 is 28.8 Å². The number of aliphatic carboxylic acids is 1. The van der Waals surface area contributed by atoms with E-state index in [-0.39, 0.29) is 23.0 Å². The van der Waals surface area contributed by atoms with Crippen LogP contribution in [0.15, 0.2) is 58.3 Å². The molecule has 0 bridgehead atoms. The zero-order valence-corrected chi connectivity index (χ0v) is 18.1. The number of carboxylic acid groups (broad SMARTS) is 1. The number of amides is 1. The topological polar surface area (TPSA) is 196 Å². The molecule has 0 aliphatic carbocycles. The van der Waals surface area contributed by atoms with E-state index in [1.165, 1.54) is 18.0 Å². The number of nitrogens with two attached hydrogens (primary N) is 1. The fourth-order valence-corrected chi connectivity index (χ4v) is 2.96. The van der Waals surface area contributed by atoms with Crippen LogP contribution in [0.1, 0.15) is 16.1 Å². The Balaban J connectivity index is 1.57. The van der Waals surface area contributed by atoms with E-state index in [9.17, 15) is 14.7 Å². The van der Waals surface area contributed by atoms with E-state index in [2.05, 4.69) is 35.8 Å². The summed E-state index contributed by atoms with van der Waals surface area (Å²) >= 11 is 0. The maximum absolute atomic E-state index is 12.9. The first-order chi connectivity index (χ1) is 17.0. The summed E-state index contributed by atoms with van der Waals surface area (Å²) in [7, 11) is 1.51. The third-order valence-corrected chi connectivity index (χ3v) is 4.54. The molecule has 0 radical (unpaired) electrons. The summed E-state index contributed by atoms with van der Waals surface area (Å²) in [6, 6.07) is 13.2. The minimum atomic E-state index is -1.33. The van der Waals surface area contributed by atoms with Crippen LogP contribution in [-0.4, -0.2) is 57.1 Å². The minimum Gasteiger partial charge on any atom is -0.546 e. The lowest BCUT2D eigenvalue weighted by molar-refractivity contribution is -0.307. The zero-order valence-electron chi connectivity index (χ0n) is 18.1. The van der Waals surface area contributed by atoms with Gasteiger partial charge in [-0.15, -0.1) is 5.10 Å². The summed E-state index contributed by atoms with van der Waals surface area (Å²) in [5.74, 6) is -1.09. The van der Waals surface area contributed by atoms with Gasteiger partial charge in [0, 0.05) is 5.56 Å². The molecular formula is C21H17N8O6-. The number of ether oxygens (including phenoxy) is 2. The number of carbonyl (C=O) groups is 2. The lowest BCUT2D eigenvalue weighted by atomic mass is 10.1. The van der Waals surface area contributed by atoms with Crippen molar-refractivity contribution in [3.05, 3.63) is 59.8 Å². The Bertz CT molecular complexity index is 1380. The first-order valence-electron chi connectivity index (χ1n) is 9.91. The number of aromatic nitrogens is 5. The van der Waals surface area contributed by atoms with Crippen LogP contribution in [0, 0.1) is 0 Å². The molecule has 4 aromatic rings. The number of hydrogen-bond acceptors (Lipinski definition) is 12. The highest BCUT2D eigenvalue weighted by Gasteiger charge is 2.25. The average Bonchev–Trinajstić information content (AvgIpc) is 3.49. The highest BCUT2D eigenvalue weighted by molar-refractivity contribution is 5.99. The largest absolute Gasteiger partial charge is 0.546 e. The van der Waals surface area contributed by atoms with Crippen LogP contribution in [-0.2, 0) is 4.79 Å². The van der Waals surface area contributed by atoms with Crippen molar-refractivity contribution in [2.45, 2.75) is 0 Å². The number of benzene rings is 2. The molecule has 0 saturated heterocycles. The number of carboxylic acids is 1. The molecule has 0 aliphatic rings. The first-order valence-corrected chi connectivity index (χ1v) is 9.91. The summed E-state index contributed by atoms with van der Waals surface area (Å²) in [5, 5.41) is 29.6. The molecule has 0 spiro atoms. The summed E-state index contributed by atoms with van der Waals surface area (Å²) in [6.45, 7) is -0.560. The second-order valence-electron chi connectivity index (χ2n) is 6.83. The molecule has 0 fully saturated rings. The zero-order chi connectivity index (χ0) is 24.8. The number of anilines is 1. The molecule has 35 heavy (non-hydrogen) atoms. The lowest BCUT2D eigenvalue weighted by Gasteiger charge is -2.07. The van der Waals surface area contributed by atoms with E-state index >= 15 is 0 Å². The van der Waals surface area contributed by atoms with Crippen molar-refractivity contribution in [3.63, 3.8) is 0 Å². The molecule has 2 aromatic carbocycles. The van der Waals surface area contributed by atoms with Crippen LogP contribution in [0.25, 0.3) is 17.1 Å². The number of methoxy groups -OCH3 is 1. The van der Waals surface area contributed by atoms with Crippen molar-refractivity contribution in [1.82, 2.24) is 30.7 Å². The summed E-state index contributed by atoms with van der Waals surface area (Å²) in [6.07, 6.45) is 1.38. The predicted octanol–water partition coefficient (Wildman–Crippen LogP) is -0.199. The van der Waals surface area contributed by atoms with Gasteiger partial charge in [-0.3, -0.25) is 4.79 Å².